The Hall–Kier alpha value is -1.48. The van der Waals surface area contributed by atoms with E-state index in [-0.39, 0.29) is 0 Å². The van der Waals surface area contributed by atoms with Crippen molar-refractivity contribution in [3.63, 3.8) is 0 Å². The van der Waals surface area contributed by atoms with E-state index in [0.29, 0.717) is 12.6 Å². The van der Waals surface area contributed by atoms with Gasteiger partial charge in [0.2, 0.25) is 0 Å². The molecule has 0 radical (unpaired) electrons. The van der Waals surface area contributed by atoms with Crippen molar-refractivity contribution in [3.8, 4) is 5.75 Å². The van der Waals surface area contributed by atoms with Crippen LogP contribution >= 0.6 is 0 Å². The van der Waals surface area contributed by atoms with E-state index in [4.69, 9.17) is 10.5 Å². The highest BCUT2D eigenvalue weighted by Crippen LogP contribution is 2.32. The molecule has 2 rings (SSSR count). The van der Waals surface area contributed by atoms with Crippen LogP contribution in [0.5, 0.6) is 5.75 Å². The Bertz CT molecular complexity index is 500. The molecule has 86 valence electrons. The quantitative estimate of drug-likeness (QED) is 0.860. The molecule has 16 heavy (non-hydrogen) atoms. The topological polar surface area (TPSA) is 40.2 Å². The molecule has 0 saturated heterocycles. The summed E-state index contributed by atoms with van der Waals surface area (Å²) in [6.07, 6.45) is 2.12. The number of hydrogen-bond donors (Lipinski definition) is 1. The lowest BCUT2D eigenvalue weighted by Crippen LogP contribution is -1.98. The third-order valence-electron chi connectivity index (χ3n) is 2.89. The Kier molecular flexibility index (Phi) is 2.88. The molecule has 0 amide bonds. The molecule has 0 atom stereocenters. The summed E-state index contributed by atoms with van der Waals surface area (Å²) in [6, 6.07) is 6.53. The molecule has 0 saturated carbocycles. The first-order chi connectivity index (χ1) is 7.69. The molecule has 2 N–H and O–H groups in total. The minimum absolute atomic E-state index is 0.426. The Morgan fingerprint density at radius 2 is 2.12 bits per heavy atom. The van der Waals surface area contributed by atoms with E-state index < -0.39 is 0 Å². The SMILES string of the molecule is COc1cccc2c1c(CN)cn2C(C)C. The van der Waals surface area contributed by atoms with Gasteiger partial charge in [-0.3, -0.25) is 0 Å². The maximum absolute atomic E-state index is 5.78. The number of fused-ring (bicyclic) bond motifs is 1. The van der Waals surface area contributed by atoms with E-state index in [9.17, 15) is 0 Å². The fourth-order valence-corrected chi connectivity index (χ4v) is 2.11. The standard InChI is InChI=1S/C13H18N2O/c1-9(2)15-8-10(7-14)13-11(15)5-4-6-12(13)16-3/h4-6,8-9H,7,14H2,1-3H3. The Labute approximate surface area is 95.8 Å². The minimum atomic E-state index is 0.426. The number of benzene rings is 1. The van der Waals surface area contributed by atoms with Crippen molar-refractivity contribution in [2.75, 3.05) is 7.11 Å². The third kappa shape index (κ3) is 1.57. The molecular weight excluding hydrogens is 200 g/mol. The predicted octanol–water partition coefficient (Wildman–Crippen LogP) is 2.69. The van der Waals surface area contributed by atoms with Gasteiger partial charge in [0.05, 0.1) is 12.6 Å². The molecule has 1 heterocycles. The van der Waals surface area contributed by atoms with Crippen LogP contribution in [-0.2, 0) is 6.54 Å². The van der Waals surface area contributed by atoms with Gasteiger partial charge in [0.25, 0.3) is 0 Å². The highest BCUT2D eigenvalue weighted by atomic mass is 16.5. The molecule has 0 fully saturated rings. The van der Waals surface area contributed by atoms with Crippen molar-refractivity contribution in [1.29, 1.82) is 0 Å². The van der Waals surface area contributed by atoms with Gasteiger partial charge in [-0.05, 0) is 31.5 Å². The first kappa shape index (κ1) is 11.0. The van der Waals surface area contributed by atoms with Crippen LogP contribution in [0.15, 0.2) is 24.4 Å². The zero-order chi connectivity index (χ0) is 11.7. The van der Waals surface area contributed by atoms with Gasteiger partial charge in [-0.1, -0.05) is 6.07 Å². The number of nitrogens with zero attached hydrogens (tertiary/aromatic N) is 1. The number of aromatic nitrogens is 1. The third-order valence-corrected chi connectivity index (χ3v) is 2.89. The molecule has 0 aliphatic heterocycles. The molecule has 3 nitrogen and oxygen atoms in total. The Morgan fingerprint density at radius 3 is 2.69 bits per heavy atom. The fourth-order valence-electron chi connectivity index (χ4n) is 2.11. The summed E-state index contributed by atoms with van der Waals surface area (Å²) >= 11 is 0. The fraction of sp³-hybridized carbons (Fsp3) is 0.385. The maximum Gasteiger partial charge on any atom is 0.128 e. The van der Waals surface area contributed by atoms with Crippen molar-refractivity contribution in [3.05, 3.63) is 30.0 Å². The van der Waals surface area contributed by atoms with Crippen molar-refractivity contribution >= 4 is 10.9 Å². The predicted molar refractivity (Wildman–Crippen MR) is 66.8 cm³/mol. The molecule has 0 unspecified atom stereocenters. The van der Waals surface area contributed by atoms with Crippen LogP contribution in [0.2, 0.25) is 0 Å². The molecule has 0 spiro atoms. The average Bonchev–Trinajstić information content (AvgIpc) is 2.67. The molecule has 0 aliphatic carbocycles. The Balaban J connectivity index is 2.79. The summed E-state index contributed by atoms with van der Waals surface area (Å²) in [7, 11) is 1.70. The van der Waals surface area contributed by atoms with Crippen LogP contribution in [0.25, 0.3) is 10.9 Å². The summed E-state index contributed by atoms with van der Waals surface area (Å²) in [5.41, 5.74) is 8.11. The van der Waals surface area contributed by atoms with Crippen LogP contribution in [0.3, 0.4) is 0 Å². The smallest absolute Gasteiger partial charge is 0.128 e. The van der Waals surface area contributed by atoms with E-state index in [0.717, 1.165) is 16.7 Å². The largest absolute Gasteiger partial charge is 0.496 e. The molecule has 1 aromatic heterocycles. The van der Waals surface area contributed by atoms with Gasteiger partial charge in [0, 0.05) is 24.2 Å². The maximum atomic E-state index is 5.78. The van der Waals surface area contributed by atoms with E-state index >= 15 is 0 Å². The van der Waals surface area contributed by atoms with Gasteiger partial charge in [-0.25, -0.2) is 0 Å². The van der Waals surface area contributed by atoms with Gasteiger partial charge in [0.1, 0.15) is 5.75 Å². The first-order valence-electron chi connectivity index (χ1n) is 5.55. The second-order valence-corrected chi connectivity index (χ2v) is 4.21. The van der Waals surface area contributed by atoms with E-state index in [1.807, 2.05) is 12.1 Å². The van der Waals surface area contributed by atoms with Crippen LogP contribution in [0.1, 0.15) is 25.5 Å². The van der Waals surface area contributed by atoms with E-state index in [1.165, 1.54) is 5.52 Å². The van der Waals surface area contributed by atoms with E-state index in [1.54, 1.807) is 7.11 Å². The Morgan fingerprint density at radius 1 is 1.38 bits per heavy atom. The van der Waals surface area contributed by atoms with Crippen LogP contribution in [0.4, 0.5) is 0 Å². The van der Waals surface area contributed by atoms with Gasteiger partial charge in [-0.2, -0.15) is 0 Å². The van der Waals surface area contributed by atoms with Gasteiger partial charge < -0.3 is 15.0 Å². The normalized spacial score (nSPS) is 11.3. The molecule has 0 aliphatic rings. The molecule has 2 aromatic rings. The highest BCUT2D eigenvalue weighted by Gasteiger charge is 2.12. The molecule has 1 aromatic carbocycles. The van der Waals surface area contributed by atoms with Crippen molar-refractivity contribution < 1.29 is 4.74 Å². The van der Waals surface area contributed by atoms with Crippen molar-refractivity contribution in [2.45, 2.75) is 26.4 Å². The summed E-state index contributed by atoms with van der Waals surface area (Å²) in [6.45, 7) is 4.87. The van der Waals surface area contributed by atoms with Gasteiger partial charge in [-0.15, -0.1) is 0 Å². The van der Waals surface area contributed by atoms with Crippen LogP contribution < -0.4 is 10.5 Å². The lowest BCUT2D eigenvalue weighted by Gasteiger charge is -2.09. The zero-order valence-corrected chi connectivity index (χ0v) is 10.0. The van der Waals surface area contributed by atoms with Crippen LogP contribution in [-0.4, -0.2) is 11.7 Å². The number of ether oxygens (including phenoxy) is 1. The summed E-state index contributed by atoms with van der Waals surface area (Å²) in [4.78, 5) is 0. The van der Waals surface area contributed by atoms with Crippen molar-refractivity contribution in [1.82, 2.24) is 4.57 Å². The van der Waals surface area contributed by atoms with Gasteiger partial charge in [0.15, 0.2) is 0 Å². The summed E-state index contributed by atoms with van der Waals surface area (Å²) in [5.74, 6) is 0.900. The summed E-state index contributed by atoms with van der Waals surface area (Å²) < 4.78 is 7.63. The van der Waals surface area contributed by atoms with Crippen LogP contribution in [0, 0.1) is 0 Å². The number of rotatable bonds is 3. The zero-order valence-electron chi connectivity index (χ0n) is 10.0. The highest BCUT2D eigenvalue weighted by molar-refractivity contribution is 5.90. The minimum Gasteiger partial charge on any atom is -0.496 e. The first-order valence-corrected chi connectivity index (χ1v) is 5.55. The monoisotopic (exact) mass is 218 g/mol. The second-order valence-electron chi connectivity index (χ2n) is 4.21. The van der Waals surface area contributed by atoms with Crippen molar-refractivity contribution in [2.24, 2.45) is 5.73 Å². The molecule has 3 heteroatoms. The lowest BCUT2D eigenvalue weighted by atomic mass is 10.1. The lowest BCUT2D eigenvalue weighted by molar-refractivity contribution is 0.419. The number of methoxy groups -OCH3 is 1. The summed E-state index contributed by atoms with van der Waals surface area (Å²) in [5, 5.41) is 1.14. The van der Waals surface area contributed by atoms with Gasteiger partial charge >= 0.3 is 0 Å². The number of nitrogens with two attached hydrogens (primary N) is 1. The second kappa shape index (κ2) is 4.18. The molecular formula is C13H18N2O. The number of hydrogen-bond acceptors (Lipinski definition) is 2. The van der Waals surface area contributed by atoms with E-state index in [2.05, 4.69) is 30.7 Å². The average molecular weight is 218 g/mol. The molecule has 0 bridgehead atoms.